The summed E-state index contributed by atoms with van der Waals surface area (Å²) in [5.74, 6) is -1.81. The summed E-state index contributed by atoms with van der Waals surface area (Å²) in [6.45, 7) is -0.375. The van der Waals surface area contributed by atoms with Gasteiger partial charge in [-0.05, 0) is 29.8 Å². The van der Waals surface area contributed by atoms with Gasteiger partial charge in [0.1, 0.15) is 19.7 Å². The van der Waals surface area contributed by atoms with Crippen molar-refractivity contribution in [2.24, 2.45) is 0 Å². The molecule has 0 radical (unpaired) electrons. The first-order chi connectivity index (χ1) is 13.9. The summed E-state index contributed by atoms with van der Waals surface area (Å²) in [4.78, 5) is 49.3. The van der Waals surface area contributed by atoms with Crippen molar-refractivity contribution in [3.05, 3.63) is 71.3 Å². The Labute approximate surface area is 168 Å². The van der Waals surface area contributed by atoms with Crippen LogP contribution in [0.3, 0.4) is 0 Å². The van der Waals surface area contributed by atoms with E-state index in [1.165, 1.54) is 38.4 Å². The smallest absolute Gasteiger partial charge is 0.338 e. The Morgan fingerprint density at radius 1 is 0.793 bits per heavy atom. The number of benzene rings is 2. The number of carbonyl (C=O) groups is 4. The minimum absolute atomic E-state index is 0.145. The van der Waals surface area contributed by atoms with Crippen molar-refractivity contribution in [2.75, 3.05) is 27.2 Å². The van der Waals surface area contributed by atoms with E-state index in [-0.39, 0.29) is 25.3 Å². The molecule has 152 valence electrons. The minimum atomic E-state index is -0.513. The van der Waals surface area contributed by atoms with Crippen LogP contribution in [-0.2, 0) is 20.9 Å². The van der Waals surface area contributed by atoms with Gasteiger partial charge in [-0.2, -0.15) is 0 Å². The van der Waals surface area contributed by atoms with E-state index >= 15 is 0 Å². The Morgan fingerprint density at radius 3 is 1.83 bits per heavy atom. The summed E-state index contributed by atoms with van der Waals surface area (Å²) in [5.41, 5.74) is 1.41. The Bertz CT molecular complexity index is 848. The summed E-state index contributed by atoms with van der Waals surface area (Å²) in [6, 6.07) is 15.1. The Balaban J connectivity index is 2.05. The maximum Gasteiger partial charge on any atom is 0.338 e. The predicted octanol–water partition coefficient (Wildman–Crippen LogP) is 0.978. The summed E-state index contributed by atoms with van der Waals surface area (Å²) in [6.07, 6.45) is 0. The summed E-state index contributed by atoms with van der Waals surface area (Å²) in [7, 11) is 2.89. The Morgan fingerprint density at radius 2 is 1.31 bits per heavy atom. The number of nitrogens with one attached hydrogen (secondary N) is 2. The number of ether oxygens (including phenoxy) is 1. The quantitative estimate of drug-likeness (QED) is 0.646. The van der Waals surface area contributed by atoms with Gasteiger partial charge in [-0.25, -0.2) is 4.79 Å². The Hall–Kier alpha value is -3.68. The van der Waals surface area contributed by atoms with E-state index in [9.17, 15) is 19.2 Å². The number of hydrogen-bond donors (Lipinski definition) is 2. The van der Waals surface area contributed by atoms with Crippen molar-refractivity contribution in [1.82, 2.24) is 15.5 Å². The fourth-order valence-electron chi connectivity index (χ4n) is 2.44. The van der Waals surface area contributed by atoms with E-state index in [4.69, 9.17) is 4.74 Å². The maximum absolute atomic E-state index is 12.7. The van der Waals surface area contributed by atoms with Gasteiger partial charge in [0.15, 0.2) is 0 Å². The Kier molecular flexibility index (Phi) is 7.90. The fourth-order valence-corrected chi connectivity index (χ4v) is 2.44. The van der Waals surface area contributed by atoms with Crippen LogP contribution in [0.5, 0.6) is 0 Å². The zero-order valence-electron chi connectivity index (χ0n) is 16.3. The molecule has 0 aliphatic rings. The topological polar surface area (TPSA) is 105 Å². The summed E-state index contributed by atoms with van der Waals surface area (Å²) in [5, 5.41) is 4.84. The van der Waals surface area contributed by atoms with Crippen LogP contribution in [-0.4, -0.2) is 55.8 Å². The van der Waals surface area contributed by atoms with E-state index < -0.39 is 23.7 Å². The molecule has 0 spiro atoms. The third kappa shape index (κ3) is 6.46. The molecule has 2 rings (SSSR count). The number of carbonyl (C=O) groups excluding carboxylic acids is 4. The third-order valence-electron chi connectivity index (χ3n) is 4.09. The number of likely N-dealkylation sites (N-methyl/N-ethyl adjacent to an activating group) is 2. The molecular formula is C21H23N3O5. The number of amides is 3. The zero-order chi connectivity index (χ0) is 21.2. The molecule has 0 aromatic heterocycles. The van der Waals surface area contributed by atoms with Crippen LogP contribution in [0.1, 0.15) is 26.3 Å². The van der Waals surface area contributed by atoms with Crippen LogP contribution < -0.4 is 10.6 Å². The standard InChI is InChI=1S/C21H23N3O5/c1-22-18(25)12-24(13-19(26)23-2)20(27)16-8-10-17(11-9-16)21(28)29-14-15-6-4-3-5-7-15/h3-11H,12-14H2,1-2H3,(H,22,25)(H,23,26). The highest BCUT2D eigenvalue weighted by Crippen LogP contribution is 2.11. The molecule has 0 saturated heterocycles. The molecule has 8 nitrogen and oxygen atoms in total. The molecule has 3 amide bonds. The molecule has 0 aliphatic heterocycles. The molecule has 0 heterocycles. The molecule has 0 saturated carbocycles. The first-order valence-corrected chi connectivity index (χ1v) is 8.96. The van der Waals surface area contributed by atoms with E-state index in [1.807, 2.05) is 30.3 Å². The number of esters is 1. The van der Waals surface area contributed by atoms with Crippen LogP contribution in [0.25, 0.3) is 0 Å². The number of hydrogen-bond acceptors (Lipinski definition) is 5. The van der Waals surface area contributed by atoms with Crippen LogP contribution in [0, 0.1) is 0 Å². The van der Waals surface area contributed by atoms with Gasteiger partial charge in [0.05, 0.1) is 5.56 Å². The lowest BCUT2D eigenvalue weighted by atomic mass is 10.1. The molecule has 2 aromatic carbocycles. The number of nitrogens with zero attached hydrogens (tertiary/aromatic N) is 1. The zero-order valence-corrected chi connectivity index (χ0v) is 16.3. The van der Waals surface area contributed by atoms with Crippen molar-refractivity contribution >= 4 is 23.7 Å². The van der Waals surface area contributed by atoms with E-state index in [1.54, 1.807) is 0 Å². The molecule has 8 heteroatoms. The van der Waals surface area contributed by atoms with E-state index in [0.29, 0.717) is 5.56 Å². The van der Waals surface area contributed by atoms with Gasteiger partial charge in [0.2, 0.25) is 11.8 Å². The van der Waals surface area contributed by atoms with Crippen molar-refractivity contribution in [2.45, 2.75) is 6.61 Å². The summed E-state index contributed by atoms with van der Waals surface area (Å²) < 4.78 is 5.26. The van der Waals surface area contributed by atoms with Gasteiger partial charge in [-0.1, -0.05) is 30.3 Å². The van der Waals surface area contributed by atoms with Crippen LogP contribution in [0.4, 0.5) is 0 Å². The fraction of sp³-hybridized carbons (Fsp3) is 0.238. The highest BCUT2D eigenvalue weighted by molar-refractivity contribution is 5.99. The number of rotatable bonds is 8. The monoisotopic (exact) mass is 397 g/mol. The van der Waals surface area contributed by atoms with Crippen molar-refractivity contribution in [1.29, 1.82) is 0 Å². The van der Waals surface area contributed by atoms with E-state index in [2.05, 4.69) is 10.6 Å². The minimum Gasteiger partial charge on any atom is -0.457 e. The average Bonchev–Trinajstić information content (AvgIpc) is 2.77. The van der Waals surface area contributed by atoms with Crippen LogP contribution >= 0.6 is 0 Å². The maximum atomic E-state index is 12.7. The van der Waals surface area contributed by atoms with Gasteiger partial charge < -0.3 is 20.3 Å². The molecule has 29 heavy (non-hydrogen) atoms. The second-order valence-corrected chi connectivity index (χ2v) is 6.15. The molecule has 2 aromatic rings. The highest BCUT2D eigenvalue weighted by atomic mass is 16.5. The van der Waals surface area contributed by atoms with Crippen molar-refractivity contribution in [3.63, 3.8) is 0 Å². The second kappa shape index (κ2) is 10.6. The molecular weight excluding hydrogens is 374 g/mol. The molecule has 0 unspecified atom stereocenters. The van der Waals surface area contributed by atoms with Gasteiger partial charge >= 0.3 is 5.97 Å². The molecule has 0 bridgehead atoms. The van der Waals surface area contributed by atoms with Gasteiger partial charge in [-0.3, -0.25) is 14.4 Å². The lowest BCUT2D eigenvalue weighted by Gasteiger charge is -2.21. The van der Waals surface area contributed by atoms with Crippen molar-refractivity contribution in [3.8, 4) is 0 Å². The highest BCUT2D eigenvalue weighted by Gasteiger charge is 2.21. The normalized spacial score (nSPS) is 10.0. The van der Waals surface area contributed by atoms with Gasteiger partial charge in [-0.15, -0.1) is 0 Å². The average molecular weight is 397 g/mol. The molecule has 0 fully saturated rings. The first kappa shape index (κ1) is 21.6. The lowest BCUT2D eigenvalue weighted by Crippen LogP contribution is -2.44. The van der Waals surface area contributed by atoms with Crippen LogP contribution in [0.15, 0.2) is 54.6 Å². The van der Waals surface area contributed by atoms with Crippen molar-refractivity contribution < 1.29 is 23.9 Å². The molecule has 2 N–H and O–H groups in total. The molecule has 0 atom stereocenters. The van der Waals surface area contributed by atoms with Crippen LogP contribution in [0.2, 0.25) is 0 Å². The molecule has 0 aliphatic carbocycles. The van der Waals surface area contributed by atoms with E-state index in [0.717, 1.165) is 10.5 Å². The van der Waals surface area contributed by atoms with Gasteiger partial charge in [0.25, 0.3) is 5.91 Å². The summed E-state index contributed by atoms with van der Waals surface area (Å²) >= 11 is 0. The lowest BCUT2D eigenvalue weighted by molar-refractivity contribution is -0.123. The largest absolute Gasteiger partial charge is 0.457 e. The predicted molar refractivity (Wildman–Crippen MR) is 106 cm³/mol. The first-order valence-electron chi connectivity index (χ1n) is 8.96. The second-order valence-electron chi connectivity index (χ2n) is 6.15. The van der Waals surface area contributed by atoms with Gasteiger partial charge in [0, 0.05) is 19.7 Å². The SMILES string of the molecule is CNC(=O)CN(CC(=O)NC)C(=O)c1ccc(C(=O)OCc2ccccc2)cc1. The third-order valence-corrected chi connectivity index (χ3v) is 4.09.